The zero-order valence-electron chi connectivity index (χ0n) is 36.8. The van der Waals surface area contributed by atoms with Crippen LogP contribution in [0.15, 0.2) is 24.7 Å². The van der Waals surface area contributed by atoms with Crippen LogP contribution in [0.4, 0.5) is 0 Å². The molecule has 0 aliphatic rings. The molecule has 1 aromatic heterocycles. The third-order valence-corrected chi connectivity index (χ3v) is 11.8. The highest BCUT2D eigenvalue weighted by Gasteiger charge is 2.14. The summed E-state index contributed by atoms with van der Waals surface area (Å²) in [6.07, 6.45) is 50.8. The zero-order chi connectivity index (χ0) is 38.3. The molecule has 0 aromatic carbocycles. The Balaban J connectivity index is 2.26. The molecule has 4 heteroatoms. The first-order valence-electron chi connectivity index (χ1n) is 24.1. The van der Waals surface area contributed by atoms with Gasteiger partial charge in [0, 0.05) is 24.9 Å². The lowest BCUT2D eigenvalue weighted by Crippen LogP contribution is -2.28. The van der Waals surface area contributed by atoms with Crippen molar-refractivity contribution >= 4 is 0 Å². The van der Waals surface area contributed by atoms with Gasteiger partial charge in [0.2, 0.25) is 0 Å². The van der Waals surface area contributed by atoms with Gasteiger partial charge in [0.1, 0.15) is 5.82 Å². The van der Waals surface area contributed by atoms with E-state index in [-0.39, 0.29) is 0 Å². The molecule has 0 amide bonds. The van der Waals surface area contributed by atoms with E-state index >= 15 is 0 Å². The van der Waals surface area contributed by atoms with Crippen LogP contribution in [0.3, 0.4) is 0 Å². The summed E-state index contributed by atoms with van der Waals surface area (Å²) in [6.45, 7) is 19.2. The average Bonchev–Trinajstić information content (AvgIpc) is 3.58. The van der Waals surface area contributed by atoms with E-state index in [2.05, 4.69) is 54.9 Å². The van der Waals surface area contributed by atoms with Crippen LogP contribution in [0, 0.1) is 12.8 Å². The summed E-state index contributed by atoms with van der Waals surface area (Å²) in [6, 6.07) is 0. The zero-order valence-corrected chi connectivity index (χ0v) is 36.8. The molecule has 1 aromatic rings. The molecule has 0 spiro atoms. The van der Waals surface area contributed by atoms with Crippen molar-refractivity contribution in [1.82, 2.24) is 14.5 Å². The van der Waals surface area contributed by atoms with Crippen LogP contribution in [0.2, 0.25) is 0 Å². The maximum absolute atomic E-state index is 6.33. The molecule has 0 unspecified atom stereocenters. The third-order valence-electron chi connectivity index (χ3n) is 11.8. The molecule has 0 atom stereocenters. The van der Waals surface area contributed by atoms with Gasteiger partial charge in [0.25, 0.3) is 0 Å². The number of nitrogens with zero attached hydrogens (tertiary/aromatic N) is 3. The lowest BCUT2D eigenvalue weighted by atomic mass is 9.93. The minimum atomic E-state index is 0.566. The van der Waals surface area contributed by atoms with Crippen LogP contribution in [0.5, 0.6) is 0 Å². The fourth-order valence-corrected chi connectivity index (χ4v) is 8.07. The molecule has 0 N–H and O–H groups in total. The van der Waals surface area contributed by atoms with E-state index in [0.29, 0.717) is 5.92 Å². The first-order chi connectivity index (χ1) is 26.1. The summed E-state index contributed by atoms with van der Waals surface area (Å²) in [5, 5.41) is 0. The highest BCUT2D eigenvalue weighted by atomic mass is 16.5. The van der Waals surface area contributed by atoms with Crippen molar-refractivity contribution in [1.29, 1.82) is 0 Å². The molecular formula is C49H95N3O. The second kappa shape index (κ2) is 39.0. The number of imidazole rings is 1. The molecule has 0 fully saturated rings. The summed E-state index contributed by atoms with van der Waals surface area (Å²) >= 11 is 0. The lowest BCUT2D eigenvalue weighted by molar-refractivity contribution is 0.163. The van der Waals surface area contributed by atoms with Crippen LogP contribution in [-0.2, 0) is 11.3 Å². The SMILES string of the molecule is C=C(OCCCCCCCN(CCCCCCCCCCCCCCCC)CCCn1ccnc1C)C(CCCCCCCC)CCCCCCCC. The number of hydrogen-bond acceptors (Lipinski definition) is 3. The third kappa shape index (κ3) is 31.6. The van der Waals surface area contributed by atoms with E-state index in [0.717, 1.165) is 24.7 Å². The van der Waals surface area contributed by atoms with Gasteiger partial charge >= 0.3 is 0 Å². The maximum Gasteiger partial charge on any atom is 0.105 e. The van der Waals surface area contributed by atoms with Gasteiger partial charge in [-0.2, -0.15) is 0 Å². The second-order valence-electron chi connectivity index (χ2n) is 16.9. The van der Waals surface area contributed by atoms with Crippen LogP contribution >= 0.6 is 0 Å². The molecule has 1 rings (SSSR count). The molecule has 1 heterocycles. The van der Waals surface area contributed by atoms with Crippen molar-refractivity contribution in [3.05, 3.63) is 30.6 Å². The van der Waals surface area contributed by atoms with Crippen molar-refractivity contribution in [3.63, 3.8) is 0 Å². The van der Waals surface area contributed by atoms with E-state index in [1.807, 2.05) is 6.20 Å². The van der Waals surface area contributed by atoms with Gasteiger partial charge in [-0.1, -0.05) is 207 Å². The van der Waals surface area contributed by atoms with E-state index < -0.39 is 0 Å². The molecule has 53 heavy (non-hydrogen) atoms. The van der Waals surface area contributed by atoms with E-state index in [4.69, 9.17) is 4.74 Å². The van der Waals surface area contributed by atoms with Gasteiger partial charge in [0.15, 0.2) is 0 Å². The Hall–Kier alpha value is -1.29. The quantitative estimate of drug-likeness (QED) is 0.0493. The summed E-state index contributed by atoms with van der Waals surface area (Å²) < 4.78 is 8.64. The predicted octanol–water partition coefficient (Wildman–Crippen LogP) is 16.0. The van der Waals surface area contributed by atoms with Gasteiger partial charge in [-0.25, -0.2) is 4.98 Å². The van der Waals surface area contributed by atoms with E-state index in [1.54, 1.807) is 0 Å². The largest absolute Gasteiger partial charge is 0.498 e. The van der Waals surface area contributed by atoms with Crippen LogP contribution < -0.4 is 0 Å². The van der Waals surface area contributed by atoms with Crippen molar-refractivity contribution in [2.75, 3.05) is 26.2 Å². The Labute approximate surface area is 333 Å². The summed E-state index contributed by atoms with van der Waals surface area (Å²) in [5.41, 5.74) is 0. The van der Waals surface area contributed by atoms with Crippen LogP contribution in [0.25, 0.3) is 0 Å². The van der Waals surface area contributed by atoms with E-state index in [1.165, 1.54) is 238 Å². The molecule has 0 saturated carbocycles. The van der Waals surface area contributed by atoms with Gasteiger partial charge < -0.3 is 14.2 Å². The monoisotopic (exact) mass is 742 g/mol. The lowest BCUT2D eigenvalue weighted by Gasteiger charge is -2.23. The topological polar surface area (TPSA) is 30.3 Å². The second-order valence-corrected chi connectivity index (χ2v) is 16.9. The minimum Gasteiger partial charge on any atom is -0.498 e. The smallest absolute Gasteiger partial charge is 0.105 e. The molecule has 0 radical (unpaired) electrons. The molecule has 312 valence electrons. The van der Waals surface area contributed by atoms with Gasteiger partial charge in [-0.05, 0) is 65.1 Å². The summed E-state index contributed by atoms with van der Waals surface area (Å²) in [4.78, 5) is 7.20. The predicted molar refractivity (Wildman–Crippen MR) is 236 cm³/mol. The Morgan fingerprint density at radius 3 is 1.34 bits per heavy atom. The fraction of sp³-hybridized carbons (Fsp3) is 0.898. The standard InChI is InChI=1S/C49H95N3O/c1-6-9-12-15-18-19-20-21-22-23-24-25-29-34-41-51(43-37-44-52-45-40-50-48(52)5)42-35-30-26-31-36-46-53-47(4)49(38-32-27-16-13-10-7-2)39-33-28-17-14-11-8-3/h40,45,49H,4,6-39,41-44,46H2,1-3,5H3. The number of ether oxygens (including phenoxy) is 1. The highest BCUT2D eigenvalue weighted by Crippen LogP contribution is 2.26. The first kappa shape index (κ1) is 49.7. The normalized spacial score (nSPS) is 11.7. The summed E-state index contributed by atoms with van der Waals surface area (Å²) in [7, 11) is 0. The number of unbranched alkanes of at least 4 members (excludes halogenated alkanes) is 27. The van der Waals surface area contributed by atoms with Gasteiger partial charge in [-0.3, -0.25) is 0 Å². The number of rotatable bonds is 43. The molecule has 0 saturated heterocycles. The van der Waals surface area contributed by atoms with Gasteiger partial charge in [-0.15, -0.1) is 0 Å². The number of allylic oxidation sites excluding steroid dienone is 1. The molecular weight excluding hydrogens is 647 g/mol. The van der Waals surface area contributed by atoms with Crippen molar-refractivity contribution in [3.8, 4) is 0 Å². The highest BCUT2D eigenvalue weighted by molar-refractivity contribution is 4.91. The van der Waals surface area contributed by atoms with E-state index in [9.17, 15) is 0 Å². The minimum absolute atomic E-state index is 0.566. The maximum atomic E-state index is 6.33. The van der Waals surface area contributed by atoms with Crippen LogP contribution in [-0.4, -0.2) is 40.7 Å². The van der Waals surface area contributed by atoms with Crippen molar-refractivity contribution in [2.45, 2.75) is 253 Å². The fourth-order valence-electron chi connectivity index (χ4n) is 8.07. The average molecular weight is 742 g/mol. The van der Waals surface area contributed by atoms with Crippen molar-refractivity contribution < 1.29 is 4.74 Å². The van der Waals surface area contributed by atoms with Gasteiger partial charge in [0.05, 0.1) is 12.4 Å². The Morgan fingerprint density at radius 2 is 0.925 bits per heavy atom. The first-order valence-corrected chi connectivity index (χ1v) is 24.1. The Morgan fingerprint density at radius 1 is 0.547 bits per heavy atom. The number of aryl methyl sites for hydroxylation is 2. The van der Waals surface area contributed by atoms with Crippen LogP contribution in [0.1, 0.15) is 245 Å². The molecule has 0 aliphatic carbocycles. The molecule has 4 nitrogen and oxygen atoms in total. The Bertz CT molecular complexity index is 865. The molecule has 0 bridgehead atoms. The number of aromatic nitrogens is 2. The molecule has 0 aliphatic heterocycles. The Kier molecular flexibility index (Phi) is 36.6. The van der Waals surface area contributed by atoms with Crippen molar-refractivity contribution in [2.24, 2.45) is 5.92 Å². The summed E-state index contributed by atoms with van der Waals surface area (Å²) in [5.74, 6) is 2.80. The number of hydrogen-bond donors (Lipinski definition) is 0.